The molecule has 0 aliphatic carbocycles. The molecule has 0 saturated heterocycles. The Balaban J connectivity index is 3.05. The highest BCUT2D eigenvalue weighted by Crippen LogP contribution is 2.29. The van der Waals surface area contributed by atoms with Gasteiger partial charge in [0.05, 0.1) is 19.8 Å². The number of Topliss-reactive ketones (excluding diaryl/α,β-unsaturated/α-hetero) is 1. The van der Waals surface area contributed by atoms with E-state index in [2.05, 4.69) is 0 Å². The third-order valence-corrected chi connectivity index (χ3v) is 2.07. The molecule has 0 unspecified atom stereocenters. The highest BCUT2D eigenvalue weighted by atomic mass is 19.4. The van der Waals surface area contributed by atoms with Crippen LogP contribution in [0.5, 0.6) is 11.5 Å². The molecule has 0 spiro atoms. The third kappa shape index (κ3) is 3.65. The number of ether oxygens (including phenoxy) is 2. The van der Waals surface area contributed by atoms with E-state index < -0.39 is 18.4 Å². The van der Waals surface area contributed by atoms with Gasteiger partial charge in [0.1, 0.15) is 17.9 Å². The summed E-state index contributed by atoms with van der Waals surface area (Å²) in [6.45, 7) is 0. The van der Waals surface area contributed by atoms with Gasteiger partial charge in [-0.25, -0.2) is 0 Å². The second kappa shape index (κ2) is 5.07. The van der Waals surface area contributed by atoms with Gasteiger partial charge in [0.25, 0.3) is 0 Å². The summed E-state index contributed by atoms with van der Waals surface area (Å²) in [5, 5.41) is 0. The van der Waals surface area contributed by atoms with Crippen molar-refractivity contribution >= 4 is 5.78 Å². The van der Waals surface area contributed by atoms with Crippen molar-refractivity contribution in [3.05, 3.63) is 23.8 Å². The summed E-state index contributed by atoms with van der Waals surface area (Å²) in [6.07, 6.45) is -6.05. The Morgan fingerprint density at radius 1 is 1.24 bits per heavy atom. The topological polar surface area (TPSA) is 35.5 Å². The number of halogens is 3. The molecule has 0 aliphatic heterocycles. The summed E-state index contributed by atoms with van der Waals surface area (Å²) in [6, 6.07) is 4.12. The highest BCUT2D eigenvalue weighted by molar-refractivity contribution is 5.99. The minimum absolute atomic E-state index is 0.0973. The molecule has 1 aromatic rings. The lowest BCUT2D eigenvalue weighted by atomic mass is 10.1. The van der Waals surface area contributed by atoms with Gasteiger partial charge in [0.2, 0.25) is 0 Å². The van der Waals surface area contributed by atoms with Crippen molar-refractivity contribution in [3.63, 3.8) is 0 Å². The van der Waals surface area contributed by atoms with Crippen LogP contribution in [0.1, 0.15) is 16.8 Å². The van der Waals surface area contributed by atoms with Crippen LogP contribution < -0.4 is 9.47 Å². The molecule has 6 heteroatoms. The maximum atomic E-state index is 12.1. The number of carbonyl (C=O) groups excluding carboxylic acids is 1. The summed E-state index contributed by atoms with van der Waals surface area (Å²) in [5.41, 5.74) is -0.135. The van der Waals surface area contributed by atoms with E-state index in [1.165, 1.54) is 32.4 Å². The fourth-order valence-electron chi connectivity index (χ4n) is 1.31. The zero-order chi connectivity index (χ0) is 13.1. The molecule has 0 heterocycles. The van der Waals surface area contributed by atoms with Crippen LogP contribution in [-0.2, 0) is 0 Å². The molecule has 0 N–H and O–H groups in total. The lowest BCUT2D eigenvalue weighted by Crippen LogP contribution is -2.15. The van der Waals surface area contributed by atoms with Gasteiger partial charge in [0, 0.05) is 0 Å². The van der Waals surface area contributed by atoms with E-state index in [1.54, 1.807) is 0 Å². The predicted molar refractivity (Wildman–Crippen MR) is 54.5 cm³/mol. The second-order valence-corrected chi connectivity index (χ2v) is 3.28. The summed E-state index contributed by atoms with van der Waals surface area (Å²) >= 11 is 0. The number of carbonyl (C=O) groups is 1. The molecule has 0 atom stereocenters. The second-order valence-electron chi connectivity index (χ2n) is 3.28. The van der Waals surface area contributed by atoms with Gasteiger partial charge >= 0.3 is 6.18 Å². The molecular formula is C11H11F3O3. The Kier molecular flexibility index (Phi) is 3.98. The van der Waals surface area contributed by atoms with E-state index in [0.29, 0.717) is 5.75 Å². The molecule has 0 radical (unpaired) electrons. The summed E-state index contributed by atoms with van der Waals surface area (Å²) in [5.74, 6) is -0.648. The smallest absolute Gasteiger partial charge is 0.396 e. The number of hydrogen-bond donors (Lipinski definition) is 0. The predicted octanol–water partition coefficient (Wildman–Crippen LogP) is 2.84. The first-order valence-corrected chi connectivity index (χ1v) is 4.69. The van der Waals surface area contributed by atoms with Crippen molar-refractivity contribution in [2.24, 2.45) is 0 Å². The molecule has 0 aromatic heterocycles. The van der Waals surface area contributed by atoms with Crippen LogP contribution in [0.2, 0.25) is 0 Å². The molecule has 0 aliphatic rings. The van der Waals surface area contributed by atoms with Crippen molar-refractivity contribution in [1.29, 1.82) is 0 Å². The molecular weight excluding hydrogens is 237 g/mol. The van der Waals surface area contributed by atoms with E-state index in [4.69, 9.17) is 9.47 Å². The maximum absolute atomic E-state index is 12.1. The van der Waals surface area contributed by atoms with Gasteiger partial charge in [-0.2, -0.15) is 13.2 Å². The van der Waals surface area contributed by atoms with Gasteiger partial charge in [-0.05, 0) is 18.2 Å². The SMILES string of the molecule is COc1ccc(OC)c(C(=O)CC(F)(F)F)c1. The standard InChI is InChI=1S/C11H11F3O3/c1-16-7-3-4-10(17-2)8(5-7)9(15)6-11(12,13)14/h3-5H,6H2,1-2H3. The normalized spacial score (nSPS) is 11.1. The third-order valence-electron chi connectivity index (χ3n) is 2.07. The monoisotopic (exact) mass is 248 g/mol. The van der Waals surface area contributed by atoms with Gasteiger partial charge in [-0.1, -0.05) is 0 Å². The van der Waals surface area contributed by atoms with Gasteiger partial charge in [0.15, 0.2) is 5.78 Å². The number of rotatable bonds is 4. The molecule has 1 aromatic carbocycles. The van der Waals surface area contributed by atoms with E-state index >= 15 is 0 Å². The van der Waals surface area contributed by atoms with E-state index in [0.717, 1.165) is 0 Å². The Morgan fingerprint density at radius 2 is 1.88 bits per heavy atom. The fraction of sp³-hybridized carbons (Fsp3) is 0.364. The van der Waals surface area contributed by atoms with E-state index in [9.17, 15) is 18.0 Å². The lowest BCUT2D eigenvalue weighted by molar-refractivity contribution is -0.125. The Hall–Kier alpha value is -1.72. The largest absolute Gasteiger partial charge is 0.497 e. The molecule has 0 saturated carbocycles. The average molecular weight is 248 g/mol. The van der Waals surface area contributed by atoms with Crippen LogP contribution in [0.15, 0.2) is 18.2 Å². The first kappa shape index (κ1) is 13.3. The highest BCUT2D eigenvalue weighted by Gasteiger charge is 2.32. The van der Waals surface area contributed by atoms with Crippen LogP contribution in [0.3, 0.4) is 0 Å². The fourth-order valence-corrected chi connectivity index (χ4v) is 1.31. The van der Waals surface area contributed by atoms with E-state index in [1.807, 2.05) is 0 Å². The van der Waals surface area contributed by atoms with Gasteiger partial charge < -0.3 is 9.47 Å². The zero-order valence-corrected chi connectivity index (χ0v) is 9.30. The molecule has 0 bridgehead atoms. The quantitative estimate of drug-likeness (QED) is 0.768. The first-order valence-electron chi connectivity index (χ1n) is 4.69. The van der Waals surface area contributed by atoms with Crippen molar-refractivity contribution < 1.29 is 27.4 Å². The molecule has 0 amide bonds. The van der Waals surface area contributed by atoms with Crippen molar-refractivity contribution in [3.8, 4) is 11.5 Å². The lowest BCUT2D eigenvalue weighted by Gasteiger charge is -2.10. The summed E-state index contributed by atoms with van der Waals surface area (Å²) < 4.78 is 46.0. The van der Waals surface area contributed by atoms with Crippen LogP contribution in [-0.4, -0.2) is 26.2 Å². The molecule has 3 nitrogen and oxygen atoms in total. The average Bonchev–Trinajstić information content (AvgIpc) is 2.25. The first-order chi connectivity index (χ1) is 7.87. The zero-order valence-electron chi connectivity index (χ0n) is 9.30. The molecule has 1 rings (SSSR count). The number of alkyl halides is 3. The van der Waals surface area contributed by atoms with Crippen LogP contribution >= 0.6 is 0 Å². The minimum atomic E-state index is -4.54. The van der Waals surface area contributed by atoms with Crippen LogP contribution in [0.4, 0.5) is 13.2 Å². The van der Waals surface area contributed by atoms with Gasteiger partial charge in [-0.3, -0.25) is 4.79 Å². The Morgan fingerprint density at radius 3 is 2.35 bits per heavy atom. The number of ketones is 1. The van der Waals surface area contributed by atoms with Crippen LogP contribution in [0.25, 0.3) is 0 Å². The molecule has 94 valence electrons. The Bertz CT molecular complexity index is 413. The minimum Gasteiger partial charge on any atom is -0.497 e. The van der Waals surface area contributed by atoms with Crippen molar-refractivity contribution in [1.82, 2.24) is 0 Å². The summed E-state index contributed by atoms with van der Waals surface area (Å²) in [7, 11) is 2.64. The Labute approximate surface area is 96.1 Å². The summed E-state index contributed by atoms with van der Waals surface area (Å²) in [4.78, 5) is 11.5. The number of hydrogen-bond acceptors (Lipinski definition) is 3. The molecule has 0 fully saturated rings. The van der Waals surface area contributed by atoms with Crippen molar-refractivity contribution in [2.75, 3.05) is 14.2 Å². The van der Waals surface area contributed by atoms with Gasteiger partial charge in [-0.15, -0.1) is 0 Å². The van der Waals surface area contributed by atoms with E-state index in [-0.39, 0.29) is 11.3 Å². The number of benzene rings is 1. The maximum Gasteiger partial charge on any atom is 0.396 e. The molecule has 17 heavy (non-hydrogen) atoms. The van der Waals surface area contributed by atoms with Crippen LogP contribution in [0, 0.1) is 0 Å². The van der Waals surface area contributed by atoms with Crippen molar-refractivity contribution in [2.45, 2.75) is 12.6 Å². The number of methoxy groups -OCH3 is 2.